The molecule has 2 rings (SSSR count). The third kappa shape index (κ3) is 5.25. The second-order valence-corrected chi connectivity index (χ2v) is 5.31. The van der Waals surface area contributed by atoms with Crippen molar-refractivity contribution in [1.82, 2.24) is 0 Å². The maximum Gasteiger partial charge on any atom is 0.144 e. The number of hydrogen-bond donors (Lipinski definition) is 0. The number of hydrogen-bond acceptors (Lipinski definition) is 4. The molecule has 23 heavy (non-hydrogen) atoms. The fraction of sp³-hybridized carbons (Fsp3) is 0.263. The highest BCUT2D eigenvalue weighted by Gasteiger charge is 2.12. The molecule has 0 saturated carbocycles. The highest BCUT2D eigenvalue weighted by Crippen LogP contribution is 2.15. The van der Waals surface area contributed by atoms with E-state index >= 15 is 0 Å². The lowest BCUT2D eigenvalue weighted by Gasteiger charge is -2.05. The van der Waals surface area contributed by atoms with Crippen LogP contribution in [0.2, 0.25) is 0 Å². The molecule has 0 aliphatic rings. The van der Waals surface area contributed by atoms with E-state index in [9.17, 15) is 9.59 Å². The van der Waals surface area contributed by atoms with E-state index in [1.165, 1.54) is 0 Å². The molecule has 0 heterocycles. The second kappa shape index (κ2) is 8.13. The fourth-order valence-corrected chi connectivity index (χ4v) is 2.37. The van der Waals surface area contributed by atoms with Gasteiger partial charge in [-0.3, -0.25) is 9.59 Å². The van der Waals surface area contributed by atoms with Crippen LogP contribution in [0.25, 0.3) is 0 Å². The summed E-state index contributed by atoms with van der Waals surface area (Å²) in [5, 5.41) is 0. The van der Waals surface area contributed by atoms with Crippen LogP contribution in [0.15, 0.2) is 48.5 Å². The highest BCUT2D eigenvalue weighted by atomic mass is 16.5. The molecule has 0 saturated heterocycles. The molecule has 0 unspecified atom stereocenters. The lowest BCUT2D eigenvalue weighted by Crippen LogP contribution is -2.12. The van der Waals surface area contributed by atoms with E-state index in [0.29, 0.717) is 11.5 Å². The average Bonchev–Trinajstić information content (AvgIpc) is 2.54. The summed E-state index contributed by atoms with van der Waals surface area (Å²) >= 11 is 0. The zero-order chi connectivity index (χ0) is 16.7. The molecule has 4 heteroatoms. The van der Waals surface area contributed by atoms with E-state index in [1.54, 1.807) is 14.2 Å². The number of rotatable bonds is 8. The maximum absolute atomic E-state index is 12.0. The topological polar surface area (TPSA) is 52.6 Å². The van der Waals surface area contributed by atoms with Crippen LogP contribution < -0.4 is 9.47 Å². The molecule has 0 spiro atoms. The van der Waals surface area contributed by atoms with Gasteiger partial charge in [-0.05, 0) is 35.4 Å². The van der Waals surface area contributed by atoms with Crippen molar-refractivity contribution in [3.8, 4) is 11.5 Å². The van der Waals surface area contributed by atoms with Crippen molar-refractivity contribution in [3.05, 3.63) is 59.7 Å². The quantitative estimate of drug-likeness (QED) is 0.703. The summed E-state index contributed by atoms with van der Waals surface area (Å²) in [6.07, 6.45) is 0.413. The standard InChI is InChI=1S/C19H20O4/c1-22-18-7-3-5-14(11-18)9-16(20)13-17(21)10-15-6-4-8-19(12-15)23-2/h3-8,11-12H,9-10,13H2,1-2H3. The van der Waals surface area contributed by atoms with Crippen LogP contribution in [0.1, 0.15) is 17.5 Å². The molecular formula is C19H20O4. The molecule has 0 amide bonds. The Bertz CT molecular complexity index is 632. The van der Waals surface area contributed by atoms with Gasteiger partial charge >= 0.3 is 0 Å². The van der Waals surface area contributed by atoms with Crippen molar-refractivity contribution < 1.29 is 19.1 Å². The summed E-state index contributed by atoms with van der Waals surface area (Å²) in [6.45, 7) is 0. The van der Waals surface area contributed by atoms with Crippen molar-refractivity contribution in [2.45, 2.75) is 19.3 Å². The van der Waals surface area contributed by atoms with Gasteiger partial charge in [-0.2, -0.15) is 0 Å². The number of Topliss-reactive ketones (excluding diaryl/α,β-unsaturated/α-hetero) is 2. The summed E-state index contributed by atoms with van der Waals surface area (Å²) in [5.41, 5.74) is 1.70. The summed E-state index contributed by atoms with van der Waals surface area (Å²) in [7, 11) is 3.16. The molecule has 120 valence electrons. The van der Waals surface area contributed by atoms with Gasteiger partial charge in [0.15, 0.2) is 0 Å². The van der Waals surface area contributed by atoms with Gasteiger partial charge in [-0.1, -0.05) is 24.3 Å². The monoisotopic (exact) mass is 312 g/mol. The normalized spacial score (nSPS) is 10.2. The predicted octanol–water partition coefficient (Wildman–Crippen LogP) is 3.02. The minimum absolute atomic E-state index is 0.0611. The largest absolute Gasteiger partial charge is 0.497 e. The minimum Gasteiger partial charge on any atom is -0.497 e. The molecule has 0 fully saturated rings. The van der Waals surface area contributed by atoms with Gasteiger partial charge < -0.3 is 9.47 Å². The molecule has 0 aliphatic heterocycles. The molecule has 0 aliphatic carbocycles. The number of carbonyl (C=O) groups is 2. The van der Waals surface area contributed by atoms with Gasteiger partial charge in [0.25, 0.3) is 0 Å². The summed E-state index contributed by atoms with van der Waals surface area (Å²) in [6, 6.07) is 14.6. The summed E-state index contributed by atoms with van der Waals surface area (Å²) in [5.74, 6) is 1.23. The summed E-state index contributed by atoms with van der Waals surface area (Å²) in [4.78, 5) is 24.1. The van der Waals surface area contributed by atoms with Crippen LogP contribution >= 0.6 is 0 Å². The smallest absolute Gasteiger partial charge is 0.144 e. The van der Waals surface area contributed by atoms with Crippen LogP contribution in [0.3, 0.4) is 0 Å². The van der Waals surface area contributed by atoms with Crippen molar-refractivity contribution in [1.29, 1.82) is 0 Å². The van der Waals surface area contributed by atoms with Crippen LogP contribution in [0.5, 0.6) is 11.5 Å². The first-order valence-electron chi connectivity index (χ1n) is 7.40. The zero-order valence-electron chi connectivity index (χ0n) is 13.4. The van der Waals surface area contributed by atoms with Gasteiger partial charge in [0.2, 0.25) is 0 Å². The van der Waals surface area contributed by atoms with Crippen molar-refractivity contribution >= 4 is 11.6 Å². The summed E-state index contributed by atoms with van der Waals surface area (Å²) < 4.78 is 10.3. The lowest BCUT2D eigenvalue weighted by molar-refractivity contribution is -0.126. The van der Waals surface area contributed by atoms with Gasteiger partial charge in [0.1, 0.15) is 23.1 Å². The second-order valence-electron chi connectivity index (χ2n) is 5.31. The zero-order valence-corrected chi connectivity index (χ0v) is 13.4. The third-order valence-electron chi connectivity index (χ3n) is 3.47. The molecule has 4 nitrogen and oxygen atoms in total. The molecule has 0 radical (unpaired) electrons. The Kier molecular flexibility index (Phi) is 5.92. The Morgan fingerprint density at radius 1 is 0.783 bits per heavy atom. The Labute approximate surface area is 136 Å². The van der Waals surface area contributed by atoms with Gasteiger partial charge in [0.05, 0.1) is 20.6 Å². The molecule has 0 N–H and O–H groups in total. The van der Waals surface area contributed by atoms with E-state index in [2.05, 4.69) is 0 Å². The molecule has 0 aromatic heterocycles. The van der Waals surface area contributed by atoms with Crippen LogP contribution in [0, 0.1) is 0 Å². The molecular weight excluding hydrogens is 292 g/mol. The van der Waals surface area contributed by atoms with E-state index < -0.39 is 0 Å². The van der Waals surface area contributed by atoms with E-state index in [-0.39, 0.29) is 30.8 Å². The van der Waals surface area contributed by atoms with Crippen LogP contribution in [-0.2, 0) is 22.4 Å². The highest BCUT2D eigenvalue weighted by molar-refractivity contribution is 6.00. The fourth-order valence-electron chi connectivity index (χ4n) is 2.37. The minimum atomic E-state index is -0.0915. The lowest BCUT2D eigenvalue weighted by atomic mass is 10.0. The Balaban J connectivity index is 1.90. The van der Waals surface area contributed by atoms with Crippen LogP contribution in [-0.4, -0.2) is 25.8 Å². The number of methoxy groups -OCH3 is 2. The predicted molar refractivity (Wildman–Crippen MR) is 88.0 cm³/mol. The number of benzene rings is 2. The van der Waals surface area contributed by atoms with Crippen molar-refractivity contribution in [3.63, 3.8) is 0 Å². The van der Waals surface area contributed by atoms with Crippen molar-refractivity contribution in [2.75, 3.05) is 14.2 Å². The first-order valence-corrected chi connectivity index (χ1v) is 7.40. The first kappa shape index (κ1) is 16.7. The Morgan fingerprint density at radius 2 is 1.22 bits per heavy atom. The van der Waals surface area contributed by atoms with Crippen molar-refractivity contribution in [2.24, 2.45) is 0 Å². The van der Waals surface area contributed by atoms with E-state index in [0.717, 1.165) is 11.1 Å². The SMILES string of the molecule is COc1cccc(CC(=O)CC(=O)Cc2cccc(OC)c2)c1. The molecule has 2 aromatic carbocycles. The molecule has 2 aromatic rings. The van der Waals surface area contributed by atoms with E-state index in [4.69, 9.17) is 9.47 Å². The first-order chi connectivity index (χ1) is 11.1. The molecule has 0 bridgehead atoms. The Morgan fingerprint density at radius 3 is 1.61 bits per heavy atom. The van der Waals surface area contributed by atoms with E-state index in [1.807, 2.05) is 48.5 Å². The molecule has 0 atom stereocenters. The van der Waals surface area contributed by atoms with Gasteiger partial charge in [0, 0.05) is 12.8 Å². The third-order valence-corrected chi connectivity index (χ3v) is 3.47. The number of carbonyl (C=O) groups excluding carboxylic acids is 2. The maximum atomic E-state index is 12.0. The van der Waals surface area contributed by atoms with Crippen LogP contribution in [0.4, 0.5) is 0 Å². The number of ketones is 2. The Hall–Kier alpha value is -2.62. The van der Waals surface area contributed by atoms with Gasteiger partial charge in [-0.15, -0.1) is 0 Å². The average molecular weight is 312 g/mol. The number of ether oxygens (including phenoxy) is 2. The van der Waals surface area contributed by atoms with Gasteiger partial charge in [-0.25, -0.2) is 0 Å².